The number of nitrogens with zero attached hydrogens (tertiary/aromatic N) is 4. The van der Waals surface area contributed by atoms with Gasteiger partial charge in [-0.2, -0.15) is 0 Å². The molecule has 0 radical (unpaired) electrons. The maximum absolute atomic E-state index is 12.6. The van der Waals surface area contributed by atoms with Crippen LogP contribution in [0, 0.1) is 5.92 Å². The first-order valence-corrected chi connectivity index (χ1v) is 9.15. The van der Waals surface area contributed by atoms with Crippen LogP contribution in [0.2, 0.25) is 0 Å². The maximum Gasteiger partial charge on any atom is 0.226 e. The van der Waals surface area contributed by atoms with Crippen LogP contribution in [-0.4, -0.2) is 44.1 Å². The molecule has 0 aromatic carbocycles. The Labute approximate surface area is 141 Å². The van der Waals surface area contributed by atoms with E-state index >= 15 is 0 Å². The van der Waals surface area contributed by atoms with Crippen LogP contribution in [-0.2, 0) is 22.6 Å². The number of likely N-dealkylation sites (tertiary alicyclic amines) is 1. The standard InChI is InChI=1S/C17H25N5O2/c1-11(16-20-19-14-5-3-2-4-8-21(14)16)18-17(24)12-9-15(23)22(10-12)13-6-7-13/h11-13H,2-10H2,1H3,(H,18,24). The first kappa shape index (κ1) is 15.6. The van der Waals surface area contributed by atoms with Crippen molar-refractivity contribution < 1.29 is 9.59 Å². The van der Waals surface area contributed by atoms with Gasteiger partial charge in [0.2, 0.25) is 11.8 Å². The van der Waals surface area contributed by atoms with E-state index in [0.717, 1.165) is 50.3 Å². The Hall–Kier alpha value is -1.92. The van der Waals surface area contributed by atoms with Crippen molar-refractivity contribution in [2.45, 2.75) is 70.5 Å². The first-order valence-electron chi connectivity index (χ1n) is 9.15. The lowest BCUT2D eigenvalue weighted by atomic mass is 10.1. The Morgan fingerprint density at radius 1 is 1.25 bits per heavy atom. The van der Waals surface area contributed by atoms with Crippen molar-refractivity contribution in [1.82, 2.24) is 25.0 Å². The third kappa shape index (κ3) is 2.91. The minimum absolute atomic E-state index is 0.0371. The fourth-order valence-electron chi connectivity index (χ4n) is 3.87. The largest absolute Gasteiger partial charge is 0.346 e. The van der Waals surface area contributed by atoms with E-state index in [2.05, 4.69) is 20.1 Å². The lowest BCUT2D eigenvalue weighted by molar-refractivity contribution is -0.129. The van der Waals surface area contributed by atoms with Crippen LogP contribution in [0.3, 0.4) is 0 Å². The molecule has 3 aliphatic rings. The van der Waals surface area contributed by atoms with Gasteiger partial charge >= 0.3 is 0 Å². The average molecular weight is 331 g/mol. The predicted molar refractivity (Wildman–Crippen MR) is 87.0 cm³/mol. The SMILES string of the molecule is CC(NC(=O)C1CC(=O)N(C2CC2)C1)c1nnc2n1CCCCC2. The zero-order valence-corrected chi connectivity index (χ0v) is 14.2. The molecule has 24 heavy (non-hydrogen) atoms. The van der Waals surface area contributed by atoms with E-state index in [1.807, 2.05) is 11.8 Å². The highest BCUT2D eigenvalue weighted by molar-refractivity contribution is 5.89. The molecule has 1 aliphatic carbocycles. The van der Waals surface area contributed by atoms with Gasteiger partial charge < -0.3 is 14.8 Å². The molecule has 4 rings (SSSR count). The van der Waals surface area contributed by atoms with E-state index in [1.165, 1.54) is 6.42 Å². The van der Waals surface area contributed by atoms with Crippen molar-refractivity contribution in [3.8, 4) is 0 Å². The Balaban J connectivity index is 1.41. The van der Waals surface area contributed by atoms with E-state index in [4.69, 9.17) is 0 Å². The highest BCUT2D eigenvalue weighted by Crippen LogP contribution is 2.32. The predicted octanol–water partition coefficient (Wildman–Crippen LogP) is 1.19. The molecule has 7 nitrogen and oxygen atoms in total. The van der Waals surface area contributed by atoms with Crippen LogP contribution in [0.5, 0.6) is 0 Å². The number of aromatic nitrogens is 3. The van der Waals surface area contributed by atoms with Gasteiger partial charge in [-0.15, -0.1) is 10.2 Å². The molecule has 1 N–H and O–H groups in total. The molecular weight excluding hydrogens is 306 g/mol. The van der Waals surface area contributed by atoms with Crippen LogP contribution in [0.4, 0.5) is 0 Å². The van der Waals surface area contributed by atoms with Gasteiger partial charge in [0.15, 0.2) is 5.82 Å². The van der Waals surface area contributed by atoms with Crippen molar-refractivity contribution in [2.75, 3.05) is 6.54 Å². The van der Waals surface area contributed by atoms with Gasteiger partial charge in [-0.3, -0.25) is 9.59 Å². The summed E-state index contributed by atoms with van der Waals surface area (Å²) in [4.78, 5) is 26.5. The summed E-state index contributed by atoms with van der Waals surface area (Å²) < 4.78 is 2.16. The van der Waals surface area contributed by atoms with Crippen molar-refractivity contribution in [3.63, 3.8) is 0 Å². The van der Waals surface area contributed by atoms with Gasteiger partial charge in [0.05, 0.1) is 12.0 Å². The number of carbonyl (C=O) groups excluding carboxylic acids is 2. The Morgan fingerprint density at radius 2 is 2.08 bits per heavy atom. The molecule has 2 unspecified atom stereocenters. The molecule has 130 valence electrons. The minimum atomic E-state index is -0.230. The summed E-state index contributed by atoms with van der Waals surface area (Å²) in [6.07, 6.45) is 6.97. The van der Waals surface area contributed by atoms with E-state index in [0.29, 0.717) is 19.0 Å². The van der Waals surface area contributed by atoms with Crippen molar-refractivity contribution in [2.24, 2.45) is 5.92 Å². The first-order chi connectivity index (χ1) is 11.6. The Bertz CT molecular complexity index is 651. The Kier molecular flexibility index (Phi) is 4.02. The second-order valence-electron chi connectivity index (χ2n) is 7.35. The fraction of sp³-hybridized carbons (Fsp3) is 0.765. The van der Waals surface area contributed by atoms with E-state index in [9.17, 15) is 9.59 Å². The number of nitrogens with one attached hydrogen (secondary N) is 1. The molecule has 0 spiro atoms. The third-order valence-corrected chi connectivity index (χ3v) is 5.40. The number of fused-ring (bicyclic) bond motifs is 1. The molecule has 0 bridgehead atoms. The second kappa shape index (κ2) is 6.18. The van der Waals surface area contributed by atoms with Crippen molar-refractivity contribution in [3.05, 3.63) is 11.6 Å². The number of amides is 2. The number of hydrogen-bond donors (Lipinski definition) is 1. The zero-order chi connectivity index (χ0) is 16.7. The lowest BCUT2D eigenvalue weighted by Crippen LogP contribution is -2.36. The van der Waals surface area contributed by atoms with Gasteiger partial charge in [-0.05, 0) is 32.6 Å². The quantitative estimate of drug-likeness (QED) is 0.899. The highest BCUT2D eigenvalue weighted by Gasteiger charge is 2.42. The molecular formula is C17H25N5O2. The molecule has 3 heterocycles. The molecule has 2 atom stereocenters. The lowest BCUT2D eigenvalue weighted by Gasteiger charge is -2.18. The number of aryl methyl sites for hydroxylation is 1. The van der Waals surface area contributed by atoms with Crippen LogP contribution in [0.15, 0.2) is 0 Å². The summed E-state index contributed by atoms with van der Waals surface area (Å²) in [6.45, 7) is 3.45. The summed E-state index contributed by atoms with van der Waals surface area (Å²) in [6, 6.07) is 0.210. The fourth-order valence-corrected chi connectivity index (χ4v) is 3.87. The summed E-state index contributed by atoms with van der Waals surface area (Å²) in [5.74, 6) is 1.72. The molecule has 2 fully saturated rings. The normalized spacial score (nSPS) is 25.3. The molecule has 1 aromatic heterocycles. The number of hydrogen-bond acceptors (Lipinski definition) is 4. The summed E-state index contributed by atoms with van der Waals surface area (Å²) in [7, 11) is 0. The maximum atomic E-state index is 12.6. The third-order valence-electron chi connectivity index (χ3n) is 5.40. The average Bonchev–Trinajstić information content (AvgIpc) is 3.27. The number of carbonyl (C=O) groups is 2. The van der Waals surface area contributed by atoms with E-state index < -0.39 is 0 Å². The van der Waals surface area contributed by atoms with Crippen molar-refractivity contribution >= 4 is 11.8 Å². The van der Waals surface area contributed by atoms with E-state index in [-0.39, 0.29) is 23.8 Å². The van der Waals surface area contributed by atoms with Gasteiger partial charge in [0.25, 0.3) is 0 Å². The van der Waals surface area contributed by atoms with Gasteiger partial charge in [0, 0.05) is 32.0 Å². The Morgan fingerprint density at radius 3 is 2.88 bits per heavy atom. The number of rotatable bonds is 4. The molecule has 2 amide bonds. The minimum Gasteiger partial charge on any atom is -0.346 e. The summed E-state index contributed by atoms with van der Waals surface area (Å²) >= 11 is 0. The summed E-state index contributed by atoms with van der Waals surface area (Å²) in [5, 5.41) is 11.7. The van der Waals surface area contributed by atoms with Gasteiger partial charge in [0.1, 0.15) is 5.82 Å². The second-order valence-corrected chi connectivity index (χ2v) is 7.35. The highest BCUT2D eigenvalue weighted by atomic mass is 16.2. The van der Waals surface area contributed by atoms with Crippen LogP contribution >= 0.6 is 0 Å². The monoisotopic (exact) mass is 331 g/mol. The van der Waals surface area contributed by atoms with Crippen LogP contribution in [0.25, 0.3) is 0 Å². The van der Waals surface area contributed by atoms with E-state index in [1.54, 1.807) is 0 Å². The summed E-state index contributed by atoms with van der Waals surface area (Å²) in [5.41, 5.74) is 0. The van der Waals surface area contributed by atoms with Gasteiger partial charge in [-0.25, -0.2) is 0 Å². The molecule has 2 aliphatic heterocycles. The molecule has 1 saturated carbocycles. The smallest absolute Gasteiger partial charge is 0.226 e. The molecule has 1 saturated heterocycles. The van der Waals surface area contributed by atoms with Gasteiger partial charge in [-0.1, -0.05) is 6.42 Å². The van der Waals surface area contributed by atoms with Crippen LogP contribution in [0.1, 0.15) is 63.1 Å². The van der Waals surface area contributed by atoms with Crippen molar-refractivity contribution in [1.29, 1.82) is 0 Å². The molecule has 7 heteroatoms. The van der Waals surface area contributed by atoms with Crippen LogP contribution < -0.4 is 5.32 Å². The zero-order valence-electron chi connectivity index (χ0n) is 14.2. The topological polar surface area (TPSA) is 80.1 Å². The molecule has 1 aromatic rings.